The molecule has 1 aliphatic heterocycles. The number of fused-ring (bicyclic) bond motifs is 1. The van der Waals surface area contributed by atoms with E-state index in [0.717, 1.165) is 11.1 Å². The van der Waals surface area contributed by atoms with Crippen LogP contribution in [0.5, 0.6) is 0 Å². The molecule has 8 nitrogen and oxygen atoms in total. The fourth-order valence-electron chi connectivity index (χ4n) is 3.37. The van der Waals surface area contributed by atoms with Crippen molar-refractivity contribution < 1.29 is 4.79 Å². The molecule has 2 N–H and O–H groups in total. The highest BCUT2D eigenvalue weighted by Gasteiger charge is 2.21. The molecule has 1 aromatic carbocycles. The largest absolute Gasteiger partial charge is 0.374 e. The van der Waals surface area contributed by atoms with Crippen LogP contribution in [0.4, 0.5) is 0 Å². The van der Waals surface area contributed by atoms with E-state index in [1.807, 2.05) is 42.5 Å². The molecule has 3 aromatic rings. The number of hydrogen-bond donors (Lipinski definition) is 2. The first-order valence-corrected chi connectivity index (χ1v) is 9.56. The maximum Gasteiger partial charge on any atom is 0.335 e. The lowest BCUT2D eigenvalue weighted by Gasteiger charge is -2.22. The maximum absolute atomic E-state index is 13.1. The van der Waals surface area contributed by atoms with Crippen molar-refractivity contribution in [1.82, 2.24) is 24.8 Å². The standard InChI is InChI=1S/C22H21N5O3/c1-15-19-12-24-18(20(28)25-11-16-7-9-23-10-8-16)14-26(19)22(30)27(21(15)29)13-17-5-3-2-4-6-17/h2-10,14,24H,11-13H2,1H3,(H,25,28). The number of carbonyl (C=O) groups excluding carboxylic acids is 1. The van der Waals surface area contributed by atoms with Crippen molar-refractivity contribution in [3.05, 3.63) is 104 Å². The number of amides is 1. The fraction of sp³-hybridized carbons (Fsp3) is 0.182. The Kier molecular flexibility index (Phi) is 5.30. The zero-order valence-corrected chi connectivity index (χ0v) is 16.5. The summed E-state index contributed by atoms with van der Waals surface area (Å²) >= 11 is 0. The van der Waals surface area contributed by atoms with Gasteiger partial charge in [-0.1, -0.05) is 30.3 Å². The van der Waals surface area contributed by atoms with Crippen LogP contribution in [0.2, 0.25) is 0 Å². The van der Waals surface area contributed by atoms with Crippen molar-refractivity contribution in [2.24, 2.45) is 0 Å². The van der Waals surface area contributed by atoms with Crippen molar-refractivity contribution in [1.29, 1.82) is 0 Å². The second kappa shape index (κ2) is 8.20. The highest BCUT2D eigenvalue weighted by Crippen LogP contribution is 2.11. The van der Waals surface area contributed by atoms with Crippen LogP contribution in [-0.4, -0.2) is 20.0 Å². The summed E-state index contributed by atoms with van der Waals surface area (Å²) in [7, 11) is 0. The highest BCUT2D eigenvalue weighted by atomic mass is 16.2. The normalized spacial score (nSPS) is 12.5. The van der Waals surface area contributed by atoms with Crippen LogP contribution in [0.15, 0.2) is 70.1 Å². The minimum atomic E-state index is -0.467. The Balaban J connectivity index is 1.64. The summed E-state index contributed by atoms with van der Waals surface area (Å²) < 4.78 is 2.58. The lowest BCUT2D eigenvalue weighted by molar-refractivity contribution is -0.118. The lowest BCUT2D eigenvalue weighted by atomic mass is 10.2. The van der Waals surface area contributed by atoms with Crippen LogP contribution in [0, 0.1) is 6.92 Å². The van der Waals surface area contributed by atoms with Crippen LogP contribution in [0.3, 0.4) is 0 Å². The van der Waals surface area contributed by atoms with E-state index in [2.05, 4.69) is 15.6 Å². The van der Waals surface area contributed by atoms with Gasteiger partial charge in [0.2, 0.25) is 0 Å². The van der Waals surface area contributed by atoms with Gasteiger partial charge in [-0.05, 0) is 30.2 Å². The molecule has 4 rings (SSSR count). The molecule has 2 aromatic heterocycles. The van der Waals surface area contributed by atoms with Gasteiger partial charge in [-0.2, -0.15) is 0 Å². The molecule has 0 saturated carbocycles. The Morgan fingerprint density at radius 3 is 2.57 bits per heavy atom. The molecule has 30 heavy (non-hydrogen) atoms. The number of carbonyl (C=O) groups is 1. The Bertz CT molecular complexity index is 1230. The molecule has 0 fully saturated rings. The quantitative estimate of drug-likeness (QED) is 0.662. The van der Waals surface area contributed by atoms with E-state index < -0.39 is 5.69 Å². The number of nitrogens with one attached hydrogen (secondary N) is 2. The van der Waals surface area contributed by atoms with E-state index in [4.69, 9.17) is 0 Å². The third-order valence-electron chi connectivity index (χ3n) is 5.06. The smallest absolute Gasteiger partial charge is 0.335 e. The zero-order chi connectivity index (χ0) is 21.1. The molecule has 1 amide bonds. The third kappa shape index (κ3) is 3.80. The zero-order valence-electron chi connectivity index (χ0n) is 16.5. The topological polar surface area (TPSA) is 98.0 Å². The number of hydrogen-bond acceptors (Lipinski definition) is 5. The van der Waals surface area contributed by atoms with Gasteiger partial charge >= 0.3 is 5.69 Å². The number of pyridine rings is 1. The van der Waals surface area contributed by atoms with Gasteiger partial charge in [-0.15, -0.1) is 0 Å². The molecule has 0 radical (unpaired) electrons. The molecule has 0 saturated heterocycles. The Labute approximate surface area is 172 Å². The van der Waals surface area contributed by atoms with Gasteiger partial charge in [0.1, 0.15) is 5.70 Å². The van der Waals surface area contributed by atoms with Gasteiger partial charge in [0.15, 0.2) is 0 Å². The number of aromatic nitrogens is 3. The first-order chi connectivity index (χ1) is 14.5. The number of rotatable bonds is 5. The second-order valence-electron chi connectivity index (χ2n) is 7.04. The molecular formula is C22H21N5O3. The van der Waals surface area contributed by atoms with E-state index in [0.29, 0.717) is 17.8 Å². The Hall–Kier alpha value is -3.94. The summed E-state index contributed by atoms with van der Waals surface area (Å²) in [5.41, 5.74) is 2.28. The Morgan fingerprint density at radius 2 is 1.83 bits per heavy atom. The Morgan fingerprint density at radius 1 is 1.10 bits per heavy atom. The van der Waals surface area contributed by atoms with Crippen LogP contribution in [0.1, 0.15) is 22.4 Å². The van der Waals surface area contributed by atoms with Crippen molar-refractivity contribution in [3.8, 4) is 0 Å². The summed E-state index contributed by atoms with van der Waals surface area (Å²) in [5, 5.41) is 5.82. The van der Waals surface area contributed by atoms with Gasteiger partial charge in [-0.3, -0.25) is 23.7 Å². The van der Waals surface area contributed by atoms with Gasteiger partial charge in [0.25, 0.3) is 11.5 Å². The molecule has 152 valence electrons. The van der Waals surface area contributed by atoms with Gasteiger partial charge < -0.3 is 10.6 Å². The molecule has 8 heteroatoms. The summed E-state index contributed by atoms with van der Waals surface area (Å²) in [5.74, 6) is -0.331. The SMILES string of the molecule is Cc1c2n(c(=O)n(Cc3ccccc3)c1=O)C=C(C(=O)NCc1ccncc1)NC2. The fourth-order valence-corrected chi connectivity index (χ4v) is 3.37. The summed E-state index contributed by atoms with van der Waals surface area (Å²) in [6.07, 6.45) is 4.77. The average molecular weight is 403 g/mol. The summed E-state index contributed by atoms with van der Waals surface area (Å²) in [6, 6.07) is 12.9. The lowest BCUT2D eigenvalue weighted by Crippen LogP contribution is -2.45. The van der Waals surface area contributed by atoms with Crippen LogP contribution in [0.25, 0.3) is 6.20 Å². The molecule has 0 aliphatic carbocycles. The maximum atomic E-state index is 13.1. The monoisotopic (exact) mass is 403 g/mol. The van der Waals surface area contributed by atoms with Gasteiger partial charge in [0, 0.05) is 30.7 Å². The van der Waals surface area contributed by atoms with E-state index in [1.54, 1.807) is 19.3 Å². The van der Waals surface area contributed by atoms with Crippen molar-refractivity contribution in [2.45, 2.75) is 26.6 Å². The predicted octanol–water partition coefficient (Wildman–Crippen LogP) is 0.980. The summed E-state index contributed by atoms with van der Waals surface area (Å²) in [4.78, 5) is 42.3. The van der Waals surface area contributed by atoms with Crippen molar-refractivity contribution in [2.75, 3.05) is 0 Å². The molecule has 0 atom stereocenters. The van der Waals surface area contributed by atoms with Crippen molar-refractivity contribution >= 4 is 12.1 Å². The number of benzene rings is 1. The number of nitrogens with zero attached hydrogens (tertiary/aromatic N) is 3. The van der Waals surface area contributed by atoms with Crippen LogP contribution >= 0.6 is 0 Å². The first kappa shape index (κ1) is 19.4. The molecule has 0 bridgehead atoms. The summed E-state index contributed by atoms with van der Waals surface area (Å²) in [6.45, 7) is 2.43. The molecule has 3 heterocycles. The third-order valence-corrected chi connectivity index (χ3v) is 5.06. The van der Waals surface area contributed by atoms with Crippen LogP contribution < -0.4 is 21.9 Å². The highest BCUT2D eigenvalue weighted by molar-refractivity contribution is 5.95. The molecule has 1 aliphatic rings. The minimum absolute atomic E-state index is 0.171. The van der Waals surface area contributed by atoms with E-state index in [1.165, 1.54) is 15.3 Å². The van der Waals surface area contributed by atoms with Gasteiger partial charge in [-0.25, -0.2) is 4.79 Å². The molecule has 0 spiro atoms. The minimum Gasteiger partial charge on any atom is -0.374 e. The second-order valence-corrected chi connectivity index (χ2v) is 7.04. The van der Waals surface area contributed by atoms with E-state index >= 15 is 0 Å². The predicted molar refractivity (Wildman–Crippen MR) is 112 cm³/mol. The van der Waals surface area contributed by atoms with E-state index in [-0.39, 0.29) is 30.3 Å². The molecule has 0 unspecified atom stereocenters. The first-order valence-electron chi connectivity index (χ1n) is 9.56. The van der Waals surface area contributed by atoms with E-state index in [9.17, 15) is 14.4 Å². The average Bonchev–Trinajstić information content (AvgIpc) is 2.80. The van der Waals surface area contributed by atoms with Crippen LogP contribution in [-0.2, 0) is 24.4 Å². The molecular weight excluding hydrogens is 382 g/mol. The van der Waals surface area contributed by atoms with Crippen molar-refractivity contribution in [3.63, 3.8) is 0 Å². The van der Waals surface area contributed by atoms with Gasteiger partial charge in [0.05, 0.1) is 18.8 Å².